The van der Waals surface area contributed by atoms with Crippen LogP contribution in [0.2, 0.25) is 0 Å². The van der Waals surface area contributed by atoms with Crippen molar-refractivity contribution in [3.8, 4) is 0 Å². The first kappa shape index (κ1) is 26.9. The molecule has 28 heavy (non-hydrogen) atoms. The molecule has 0 spiro atoms. The van der Waals surface area contributed by atoms with Crippen LogP contribution >= 0.6 is 0 Å². The van der Waals surface area contributed by atoms with E-state index in [9.17, 15) is 14.7 Å². The maximum Gasteiger partial charge on any atom is 0.311 e. The number of aliphatic hydroxyl groups excluding tert-OH is 1. The fourth-order valence-corrected chi connectivity index (χ4v) is 2.84. The fourth-order valence-electron chi connectivity index (χ4n) is 2.84. The van der Waals surface area contributed by atoms with Crippen LogP contribution in [0.15, 0.2) is 0 Å². The first-order valence-corrected chi connectivity index (χ1v) is 10.9. The third-order valence-corrected chi connectivity index (χ3v) is 5.40. The van der Waals surface area contributed by atoms with Crippen LogP contribution in [0.1, 0.15) is 99.8 Å². The van der Waals surface area contributed by atoms with Crippen LogP contribution in [0, 0.1) is 16.2 Å². The number of rotatable bonds is 15. The van der Waals surface area contributed by atoms with E-state index in [-0.39, 0.29) is 31.8 Å². The van der Waals surface area contributed by atoms with Crippen molar-refractivity contribution in [2.75, 3.05) is 19.8 Å². The average molecular weight is 401 g/mol. The van der Waals surface area contributed by atoms with Crippen molar-refractivity contribution in [2.45, 2.75) is 99.8 Å². The number of unbranched alkanes of at least 4 members (excludes halogenated alkanes) is 4. The number of hydrogen-bond donors (Lipinski definition) is 1. The summed E-state index contributed by atoms with van der Waals surface area (Å²) in [5.41, 5.74) is -1.91. The molecule has 0 aliphatic heterocycles. The molecular weight excluding hydrogens is 356 g/mol. The van der Waals surface area contributed by atoms with Crippen molar-refractivity contribution in [3.63, 3.8) is 0 Å². The Kier molecular flexibility index (Phi) is 12.0. The molecule has 0 radical (unpaired) electrons. The smallest absolute Gasteiger partial charge is 0.311 e. The summed E-state index contributed by atoms with van der Waals surface area (Å²) in [6.07, 6.45) is 7.92. The SMILES string of the molecule is CCCCCC(C)(C)C(=O)OCC(C)(CO)COC(=O)C(C)(C)CCCCC. The van der Waals surface area contributed by atoms with Crippen LogP contribution in [0.25, 0.3) is 0 Å². The molecule has 0 aromatic carbocycles. The van der Waals surface area contributed by atoms with Gasteiger partial charge in [0.2, 0.25) is 0 Å². The predicted molar refractivity (Wildman–Crippen MR) is 113 cm³/mol. The lowest BCUT2D eigenvalue weighted by atomic mass is 9.86. The van der Waals surface area contributed by atoms with Crippen LogP contribution in [0.5, 0.6) is 0 Å². The zero-order chi connectivity index (χ0) is 21.8. The summed E-state index contributed by atoms with van der Waals surface area (Å²) in [5, 5.41) is 9.78. The van der Waals surface area contributed by atoms with Crippen molar-refractivity contribution in [3.05, 3.63) is 0 Å². The van der Waals surface area contributed by atoms with Crippen molar-refractivity contribution in [1.82, 2.24) is 0 Å². The highest BCUT2D eigenvalue weighted by Gasteiger charge is 2.35. The Balaban J connectivity index is 4.61. The summed E-state index contributed by atoms with van der Waals surface area (Å²) in [6, 6.07) is 0. The molecule has 5 heteroatoms. The summed E-state index contributed by atoms with van der Waals surface area (Å²) in [7, 11) is 0. The lowest BCUT2D eigenvalue weighted by molar-refractivity contribution is -0.166. The van der Waals surface area contributed by atoms with Gasteiger partial charge in [-0.25, -0.2) is 0 Å². The lowest BCUT2D eigenvalue weighted by Crippen LogP contribution is -2.39. The topological polar surface area (TPSA) is 72.8 Å². The van der Waals surface area contributed by atoms with Crippen molar-refractivity contribution in [2.24, 2.45) is 16.2 Å². The Morgan fingerprint density at radius 3 is 1.36 bits per heavy atom. The summed E-state index contributed by atoms with van der Waals surface area (Å²) in [4.78, 5) is 24.9. The highest BCUT2D eigenvalue weighted by molar-refractivity contribution is 5.76. The molecule has 0 fully saturated rings. The molecule has 166 valence electrons. The lowest BCUT2D eigenvalue weighted by Gasteiger charge is -2.31. The zero-order valence-corrected chi connectivity index (χ0v) is 19.4. The first-order chi connectivity index (χ1) is 12.9. The predicted octanol–water partition coefficient (Wildman–Crippen LogP) is 5.28. The second kappa shape index (κ2) is 12.5. The number of carbonyl (C=O) groups is 2. The quantitative estimate of drug-likeness (QED) is 0.299. The number of esters is 2. The molecule has 0 aromatic heterocycles. The van der Waals surface area contributed by atoms with Gasteiger partial charge in [0.05, 0.1) is 22.9 Å². The molecule has 0 unspecified atom stereocenters. The van der Waals surface area contributed by atoms with Gasteiger partial charge in [-0.05, 0) is 40.5 Å². The highest BCUT2D eigenvalue weighted by Crippen LogP contribution is 2.29. The Labute approximate surface area is 172 Å². The first-order valence-electron chi connectivity index (χ1n) is 10.9. The summed E-state index contributed by atoms with van der Waals surface area (Å²) in [6.45, 7) is 13.4. The van der Waals surface area contributed by atoms with Crippen molar-refractivity contribution in [1.29, 1.82) is 0 Å². The number of aliphatic hydroxyl groups is 1. The highest BCUT2D eigenvalue weighted by atomic mass is 16.6. The van der Waals surface area contributed by atoms with Gasteiger partial charge in [-0.1, -0.05) is 59.3 Å². The molecule has 0 saturated heterocycles. The average Bonchev–Trinajstić information content (AvgIpc) is 2.64. The van der Waals surface area contributed by atoms with Crippen LogP contribution in [0.3, 0.4) is 0 Å². The van der Waals surface area contributed by atoms with Crippen LogP contribution in [0.4, 0.5) is 0 Å². The largest absolute Gasteiger partial charge is 0.464 e. The van der Waals surface area contributed by atoms with Crippen LogP contribution in [-0.4, -0.2) is 36.9 Å². The Morgan fingerprint density at radius 2 is 1.07 bits per heavy atom. The number of hydrogen-bond acceptors (Lipinski definition) is 5. The van der Waals surface area contributed by atoms with E-state index in [1.54, 1.807) is 6.92 Å². The summed E-state index contributed by atoms with van der Waals surface area (Å²) >= 11 is 0. The van der Waals surface area contributed by atoms with E-state index in [1.807, 2.05) is 27.7 Å². The maximum atomic E-state index is 12.5. The molecule has 0 rings (SSSR count). The molecule has 0 aromatic rings. The van der Waals surface area contributed by atoms with Gasteiger partial charge in [0.1, 0.15) is 13.2 Å². The van der Waals surface area contributed by atoms with E-state index in [1.165, 1.54) is 0 Å². The molecule has 0 atom stereocenters. The molecule has 0 saturated carbocycles. The Hall–Kier alpha value is -1.10. The van der Waals surface area contributed by atoms with E-state index in [2.05, 4.69) is 13.8 Å². The summed E-state index contributed by atoms with van der Waals surface area (Å²) in [5.74, 6) is -0.538. The second-order valence-corrected chi connectivity index (χ2v) is 9.80. The Morgan fingerprint density at radius 1 is 0.714 bits per heavy atom. The third kappa shape index (κ3) is 9.90. The van der Waals surface area contributed by atoms with E-state index < -0.39 is 16.2 Å². The normalized spacial score (nSPS) is 12.7. The van der Waals surface area contributed by atoms with E-state index in [0.717, 1.165) is 51.4 Å². The van der Waals surface area contributed by atoms with Gasteiger partial charge >= 0.3 is 11.9 Å². The molecule has 0 amide bonds. The van der Waals surface area contributed by atoms with E-state index in [0.29, 0.717) is 0 Å². The molecule has 0 heterocycles. The van der Waals surface area contributed by atoms with Crippen LogP contribution in [-0.2, 0) is 19.1 Å². The minimum absolute atomic E-state index is 0.0308. The molecule has 0 aliphatic carbocycles. The number of carbonyl (C=O) groups excluding carboxylic acids is 2. The van der Waals surface area contributed by atoms with E-state index >= 15 is 0 Å². The molecule has 5 nitrogen and oxygen atoms in total. The van der Waals surface area contributed by atoms with E-state index in [4.69, 9.17) is 9.47 Å². The maximum absolute atomic E-state index is 12.5. The van der Waals surface area contributed by atoms with Gasteiger partial charge in [0, 0.05) is 0 Å². The van der Waals surface area contributed by atoms with Gasteiger partial charge in [0.15, 0.2) is 0 Å². The summed E-state index contributed by atoms with van der Waals surface area (Å²) < 4.78 is 11.0. The van der Waals surface area contributed by atoms with Gasteiger partial charge < -0.3 is 14.6 Å². The molecule has 0 aliphatic rings. The van der Waals surface area contributed by atoms with Crippen molar-refractivity contribution < 1.29 is 24.2 Å². The standard InChI is InChI=1S/C23H44O5/c1-8-10-12-14-21(3,4)19(25)27-17-23(7,16-24)18-28-20(26)22(5,6)15-13-11-9-2/h24H,8-18H2,1-7H3. The second-order valence-electron chi connectivity index (χ2n) is 9.80. The molecule has 0 bridgehead atoms. The van der Waals surface area contributed by atoms with Gasteiger partial charge in [-0.2, -0.15) is 0 Å². The van der Waals surface area contributed by atoms with Gasteiger partial charge in [-0.3, -0.25) is 9.59 Å². The van der Waals surface area contributed by atoms with Crippen molar-refractivity contribution >= 4 is 11.9 Å². The molecular formula is C23H44O5. The Bertz CT molecular complexity index is 430. The monoisotopic (exact) mass is 400 g/mol. The third-order valence-electron chi connectivity index (χ3n) is 5.40. The molecule has 1 N–H and O–H groups in total. The minimum Gasteiger partial charge on any atom is -0.464 e. The minimum atomic E-state index is -0.801. The zero-order valence-electron chi connectivity index (χ0n) is 19.4. The fraction of sp³-hybridized carbons (Fsp3) is 0.913. The van der Waals surface area contributed by atoms with Crippen LogP contribution < -0.4 is 0 Å². The van der Waals surface area contributed by atoms with Gasteiger partial charge in [0.25, 0.3) is 0 Å². The van der Waals surface area contributed by atoms with Gasteiger partial charge in [-0.15, -0.1) is 0 Å². The number of ether oxygens (including phenoxy) is 2.